The number of aryl methyl sites for hydroxylation is 1. The van der Waals surface area contributed by atoms with Gasteiger partial charge in [-0.3, -0.25) is 4.79 Å². The summed E-state index contributed by atoms with van der Waals surface area (Å²) in [6.45, 7) is 1.36. The molecule has 1 saturated heterocycles. The van der Waals surface area contributed by atoms with Gasteiger partial charge in [-0.25, -0.2) is 4.39 Å². The van der Waals surface area contributed by atoms with Gasteiger partial charge in [-0.05, 0) is 43.5 Å². The molecule has 2 heterocycles. The molecule has 0 radical (unpaired) electrons. The maximum Gasteiger partial charge on any atom is 0.226 e. The van der Waals surface area contributed by atoms with Crippen LogP contribution in [0, 0.1) is 5.82 Å². The first-order valence-corrected chi connectivity index (χ1v) is 8.17. The zero-order valence-corrected chi connectivity index (χ0v) is 13.3. The Bertz CT molecular complexity index is 666. The number of hydrogen-bond donors (Lipinski definition) is 1. The Balaban J connectivity index is 1.40. The number of hydrogen-bond acceptors (Lipinski definition) is 5. The highest BCUT2D eigenvalue weighted by molar-refractivity contribution is 5.75. The van der Waals surface area contributed by atoms with Crippen LogP contribution in [0.4, 0.5) is 4.39 Å². The third-order valence-corrected chi connectivity index (χ3v) is 3.92. The van der Waals surface area contributed by atoms with E-state index in [1.54, 1.807) is 12.1 Å². The predicted molar refractivity (Wildman–Crippen MR) is 84.6 cm³/mol. The highest BCUT2D eigenvalue weighted by atomic mass is 19.1. The van der Waals surface area contributed by atoms with Crippen LogP contribution in [0.1, 0.15) is 31.6 Å². The van der Waals surface area contributed by atoms with Gasteiger partial charge in [-0.2, -0.15) is 4.98 Å². The van der Waals surface area contributed by atoms with E-state index in [2.05, 4.69) is 15.5 Å². The molecule has 0 unspecified atom stereocenters. The summed E-state index contributed by atoms with van der Waals surface area (Å²) >= 11 is 0. The monoisotopic (exact) mass is 333 g/mol. The van der Waals surface area contributed by atoms with E-state index < -0.39 is 0 Å². The lowest BCUT2D eigenvalue weighted by atomic mass is 10.2. The van der Waals surface area contributed by atoms with Crippen molar-refractivity contribution < 1.29 is 18.4 Å². The molecule has 3 rings (SSSR count). The van der Waals surface area contributed by atoms with Crippen LogP contribution in [-0.4, -0.2) is 35.3 Å². The van der Waals surface area contributed by atoms with Crippen LogP contribution in [0.3, 0.4) is 0 Å². The highest BCUT2D eigenvalue weighted by Gasteiger charge is 2.16. The van der Waals surface area contributed by atoms with Gasteiger partial charge < -0.3 is 14.6 Å². The summed E-state index contributed by atoms with van der Waals surface area (Å²) in [6, 6.07) is 5.90. The Kier molecular flexibility index (Phi) is 5.53. The number of carbonyl (C=O) groups is 1. The van der Waals surface area contributed by atoms with Crippen LogP contribution < -0.4 is 5.32 Å². The largest absolute Gasteiger partial charge is 0.376 e. The smallest absolute Gasteiger partial charge is 0.226 e. The predicted octanol–water partition coefficient (Wildman–Crippen LogP) is 2.49. The van der Waals surface area contributed by atoms with E-state index in [-0.39, 0.29) is 17.8 Å². The van der Waals surface area contributed by atoms with E-state index in [1.807, 2.05) is 0 Å². The van der Waals surface area contributed by atoms with E-state index in [4.69, 9.17) is 9.26 Å². The molecule has 0 spiro atoms. The number of nitrogens with zero attached hydrogens (tertiary/aromatic N) is 2. The molecule has 128 valence electrons. The van der Waals surface area contributed by atoms with Crippen molar-refractivity contribution in [2.75, 3.05) is 13.2 Å². The number of aromatic nitrogens is 2. The van der Waals surface area contributed by atoms with Gasteiger partial charge in [0.15, 0.2) is 0 Å². The van der Waals surface area contributed by atoms with Gasteiger partial charge in [0.2, 0.25) is 17.6 Å². The fraction of sp³-hybridized carbons (Fsp3) is 0.471. The summed E-state index contributed by atoms with van der Waals surface area (Å²) in [5.41, 5.74) is 0.695. The van der Waals surface area contributed by atoms with E-state index in [0.717, 1.165) is 19.4 Å². The molecule has 7 heteroatoms. The van der Waals surface area contributed by atoms with Crippen molar-refractivity contribution in [2.24, 2.45) is 0 Å². The number of nitrogens with one attached hydrogen (secondary N) is 1. The molecule has 1 fully saturated rings. The molecule has 1 aromatic heterocycles. The van der Waals surface area contributed by atoms with E-state index in [0.29, 0.717) is 43.1 Å². The first-order valence-electron chi connectivity index (χ1n) is 8.17. The summed E-state index contributed by atoms with van der Waals surface area (Å²) in [6.07, 6.45) is 3.79. The van der Waals surface area contributed by atoms with Crippen LogP contribution in [0.15, 0.2) is 28.8 Å². The summed E-state index contributed by atoms with van der Waals surface area (Å²) in [7, 11) is 0. The standard InChI is InChI=1S/C17H20FN3O3/c18-13-8-6-12(7-9-13)17-20-16(24-21-17)5-1-4-15(22)19-11-14-3-2-10-23-14/h6-9,14H,1-5,10-11H2,(H,19,22)/t14-/m1/s1. The van der Waals surface area contributed by atoms with Crippen molar-refractivity contribution in [2.45, 2.75) is 38.2 Å². The van der Waals surface area contributed by atoms with Gasteiger partial charge in [0.25, 0.3) is 0 Å². The molecular weight excluding hydrogens is 313 g/mol. The third kappa shape index (κ3) is 4.61. The van der Waals surface area contributed by atoms with Gasteiger partial charge in [0.05, 0.1) is 6.10 Å². The molecule has 1 aliphatic heterocycles. The lowest BCUT2D eigenvalue weighted by Crippen LogP contribution is -2.31. The normalized spacial score (nSPS) is 17.1. The van der Waals surface area contributed by atoms with Gasteiger partial charge in [0.1, 0.15) is 5.82 Å². The van der Waals surface area contributed by atoms with Crippen LogP contribution in [0.2, 0.25) is 0 Å². The molecule has 1 amide bonds. The Morgan fingerprint density at radius 1 is 1.33 bits per heavy atom. The molecule has 1 N–H and O–H groups in total. The third-order valence-electron chi connectivity index (χ3n) is 3.92. The minimum Gasteiger partial charge on any atom is -0.376 e. The second-order valence-corrected chi connectivity index (χ2v) is 5.81. The summed E-state index contributed by atoms with van der Waals surface area (Å²) in [4.78, 5) is 16.0. The molecule has 24 heavy (non-hydrogen) atoms. The van der Waals surface area contributed by atoms with E-state index in [9.17, 15) is 9.18 Å². The van der Waals surface area contributed by atoms with Crippen molar-refractivity contribution in [3.63, 3.8) is 0 Å². The average molecular weight is 333 g/mol. The minimum absolute atomic E-state index is 0.00349. The second kappa shape index (κ2) is 8.01. The molecule has 6 nitrogen and oxygen atoms in total. The molecule has 1 aliphatic rings. The van der Waals surface area contributed by atoms with Crippen LogP contribution in [0.5, 0.6) is 0 Å². The number of benzene rings is 1. The minimum atomic E-state index is -0.309. The Morgan fingerprint density at radius 2 is 2.17 bits per heavy atom. The van der Waals surface area contributed by atoms with Crippen LogP contribution in [-0.2, 0) is 16.0 Å². The van der Waals surface area contributed by atoms with Gasteiger partial charge in [0, 0.05) is 31.6 Å². The fourth-order valence-electron chi connectivity index (χ4n) is 2.59. The van der Waals surface area contributed by atoms with Gasteiger partial charge in [-0.1, -0.05) is 5.16 Å². The Morgan fingerprint density at radius 3 is 2.92 bits per heavy atom. The Labute approximate surface area is 139 Å². The topological polar surface area (TPSA) is 77.2 Å². The van der Waals surface area contributed by atoms with Crippen LogP contribution in [0.25, 0.3) is 11.4 Å². The molecule has 0 bridgehead atoms. The van der Waals surface area contributed by atoms with E-state index >= 15 is 0 Å². The van der Waals surface area contributed by atoms with Crippen molar-refractivity contribution in [3.8, 4) is 11.4 Å². The molecule has 1 aromatic carbocycles. The lowest BCUT2D eigenvalue weighted by Gasteiger charge is -2.10. The highest BCUT2D eigenvalue weighted by Crippen LogP contribution is 2.17. The van der Waals surface area contributed by atoms with Gasteiger partial charge >= 0.3 is 0 Å². The summed E-state index contributed by atoms with van der Waals surface area (Å²) < 4.78 is 23.5. The number of halogens is 1. The summed E-state index contributed by atoms with van der Waals surface area (Å²) in [5.74, 6) is 0.592. The molecule has 0 saturated carbocycles. The van der Waals surface area contributed by atoms with Crippen molar-refractivity contribution in [1.82, 2.24) is 15.5 Å². The molecule has 1 atom stereocenters. The first-order chi connectivity index (χ1) is 11.7. The van der Waals surface area contributed by atoms with Crippen molar-refractivity contribution >= 4 is 5.91 Å². The average Bonchev–Trinajstić information content (AvgIpc) is 3.25. The quantitative estimate of drug-likeness (QED) is 0.842. The second-order valence-electron chi connectivity index (χ2n) is 5.81. The molecule has 2 aromatic rings. The zero-order valence-electron chi connectivity index (χ0n) is 13.3. The summed E-state index contributed by atoms with van der Waals surface area (Å²) in [5, 5.41) is 6.76. The lowest BCUT2D eigenvalue weighted by molar-refractivity contribution is -0.121. The number of rotatable bonds is 7. The zero-order chi connectivity index (χ0) is 16.8. The number of ether oxygens (including phenoxy) is 1. The Hall–Kier alpha value is -2.28. The SMILES string of the molecule is O=C(CCCc1nc(-c2ccc(F)cc2)no1)NC[C@H]1CCCO1. The van der Waals surface area contributed by atoms with Crippen molar-refractivity contribution in [1.29, 1.82) is 0 Å². The van der Waals surface area contributed by atoms with E-state index in [1.165, 1.54) is 12.1 Å². The first kappa shape index (κ1) is 16.6. The number of amides is 1. The maximum atomic E-state index is 12.9. The molecule has 0 aliphatic carbocycles. The van der Waals surface area contributed by atoms with Crippen molar-refractivity contribution in [3.05, 3.63) is 36.0 Å². The maximum absolute atomic E-state index is 12.9. The van der Waals surface area contributed by atoms with Crippen LogP contribution >= 0.6 is 0 Å². The number of carbonyl (C=O) groups excluding carboxylic acids is 1. The van der Waals surface area contributed by atoms with Gasteiger partial charge in [-0.15, -0.1) is 0 Å². The fourth-order valence-corrected chi connectivity index (χ4v) is 2.59. The molecular formula is C17H20FN3O3.